The quantitative estimate of drug-likeness (QED) is 0.919. The van der Waals surface area contributed by atoms with E-state index in [1.165, 1.54) is 0 Å². The van der Waals surface area contributed by atoms with E-state index < -0.39 is 0 Å². The van der Waals surface area contributed by atoms with Crippen LogP contribution in [0.4, 0.5) is 0 Å². The van der Waals surface area contributed by atoms with E-state index >= 15 is 0 Å². The monoisotopic (exact) mass is 286 g/mol. The van der Waals surface area contributed by atoms with E-state index in [4.69, 9.17) is 0 Å². The zero-order valence-electron chi connectivity index (χ0n) is 11.9. The summed E-state index contributed by atoms with van der Waals surface area (Å²) in [5.74, 6) is -0.162. The minimum atomic E-state index is -0.162. The molecule has 1 aromatic heterocycles. The van der Waals surface area contributed by atoms with Gasteiger partial charge in [0.05, 0.1) is 24.5 Å². The highest BCUT2D eigenvalue weighted by Gasteiger charge is 2.30. The highest BCUT2D eigenvalue weighted by Crippen LogP contribution is 2.19. The molecule has 1 aliphatic rings. The Morgan fingerprint density at radius 1 is 1.48 bits per heavy atom. The average molecular weight is 286 g/mol. The van der Waals surface area contributed by atoms with Gasteiger partial charge in [0.1, 0.15) is 0 Å². The SMILES string of the molecule is Cc1cccc(-n2cc(C(=O)N3CCC[C@@H]3CO)nn2)c1. The summed E-state index contributed by atoms with van der Waals surface area (Å²) >= 11 is 0. The lowest BCUT2D eigenvalue weighted by atomic mass is 10.2. The first-order valence-corrected chi connectivity index (χ1v) is 7.10. The predicted octanol–water partition coefficient (Wildman–Crippen LogP) is 1.17. The molecule has 1 saturated heterocycles. The Balaban J connectivity index is 1.83. The second-order valence-corrected chi connectivity index (χ2v) is 5.36. The summed E-state index contributed by atoms with van der Waals surface area (Å²) < 4.78 is 1.60. The number of amides is 1. The normalized spacial score (nSPS) is 18.2. The molecule has 1 aromatic carbocycles. The first-order chi connectivity index (χ1) is 10.2. The first-order valence-electron chi connectivity index (χ1n) is 7.10. The number of benzene rings is 1. The number of hydrogen-bond donors (Lipinski definition) is 1. The van der Waals surface area contributed by atoms with Gasteiger partial charge in [0, 0.05) is 6.54 Å². The van der Waals surface area contributed by atoms with Crippen molar-refractivity contribution in [1.29, 1.82) is 0 Å². The van der Waals surface area contributed by atoms with Gasteiger partial charge in [-0.15, -0.1) is 5.10 Å². The lowest BCUT2D eigenvalue weighted by Crippen LogP contribution is -2.37. The molecule has 0 spiro atoms. The van der Waals surface area contributed by atoms with Crippen LogP contribution in [0.2, 0.25) is 0 Å². The van der Waals surface area contributed by atoms with Crippen molar-refractivity contribution < 1.29 is 9.90 Å². The minimum absolute atomic E-state index is 0.00223. The summed E-state index contributed by atoms with van der Waals surface area (Å²) in [7, 11) is 0. The van der Waals surface area contributed by atoms with Gasteiger partial charge in [-0.3, -0.25) is 4.79 Å². The summed E-state index contributed by atoms with van der Waals surface area (Å²) in [5.41, 5.74) is 2.31. The number of rotatable bonds is 3. The molecule has 1 atom stereocenters. The van der Waals surface area contributed by atoms with Gasteiger partial charge in [0.15, 0.2) is 5.69 Å². The molecule has 3 rings (SSSR count). The molecule has 1 fully saturated rings. The Bertz CT molecular complexity index is 653. The van der Waals surface area contributed by atoms with Crippen molar-refractivity contribution in [3.8, 4) is 5.69 Å². The third-order valence-electron chi connectivity index (χ3n) is 3.83. The van der Waals surface area contributed by atoms with Gasteiger partial charge < -0.3 is 10.0 Å². The Hall–Kier alpha value is -2.21. The number of nitrogens with zero attached hydrogens (tertiary/aromatic N) is 4. The molecule has 0 saturated carbocycles. The smallest absolute Gasteiger partial charge is 0.276 e. The Kier molecular flexibility index (Phi) is 3.70. The maximum atomic E-state index is 12.4. The van der Waals surface area contributed by atoms with Crippen LogP contribution in [0.3, 0.4) is 0 Å². The number of aryl methyl sites for hydroxylation is 1. The highest BCUT2D eigenvalue weighted by atomic mass is 16.3. The third-order valence-corrected chi connectivity index (χ3v) is 3.83. The molecule has 0 bridgehead atoms. The molecule has 1 aliphatic heterocycles. The molecular formula is C15H18N4O2. The van der Waals surface area contributed by atoms with E-state index in [0.717, 1.165) is 24.1 Å². The van der Waals surface area contributed by atoms with Crippen LogP contribution in [0.5, 0.6) is 0 Å². The van der Waals surface area contributed by atoms with E-state index in [2.05, 4.69) is 10.3 Å². The second kappa shape index (κ2) is 5.65. The number of carbonyl (C=O) groups is 1. The van der Waals surface area contributed by atoms with Crippen LogP contribution >= 0.6 is 0 Å². The lowest BCUT2D eigenvalue weighted by Gasteiger charge is -2.21. The lowest BCUT2D eigenvalue weighted by molar-refractivity contribution is 0.0671. The molecule has 0 aliphatic carbocycles. The third kappa shape index (κ3) is 2.67. The van der Waals surface area contributed by atoms with Crippen LogP contribution in [0.25, 0.3) is 5.69 Å². The molecule has 21 heavy (non-hydrogen) atoms. The van der Waals surface area contributed by atoms with Crippen molar-refractivity contribution in [3.05, 3.63) is 41.7 Å². The fourth-order valence-corrected chi connectivity index (χ4v) is 2.70. The van der Waals surface area contributed by atoms with Gasteiger partial charge >= 0.3 is 0 Å². The zero-order valence-corrected chi connectivity index (χ0v) is 11.9. The standard InChI is InChI=1S/C15H18N4O2/c1-11-4-2-5-12(8-11)19-9-14(16-17-19)15(21)18-7-3-6-13(18)10-20/h2,4-5,8-9,13,20H,3,6-7,10H2,1H3/t13-/m1/s1. The minimum Gasteiger partial charge on any atom is -0.394 e. The van der Waals surface area contributed by atoms with Crippen molar-refractivity contribution in [2.75, 3.05) is 13.2 Å². The van der Waals surface area contributed by atoms with Gasteiger partial charge in [-0.05, 0) is 37.5 Å². The van der Waals surface area contributed by atoms with Gasteiger partial charge in [-0.2, -0.15) is 0 Å². The molecule has 110 valence electrons. The van der Waals surface area contributed by atoms with E-state index in [0.29, 0.717) is 12.2 Å². The molecular weight excluding hydrogens is 268 g/mol. The largest absolute Gasteiger partial charge is 0.394 e. The van der Waals surface area contributed by atoms with Crippen molar-refractivity contribution >= 4 is 5.91 Å². The maximum Gasteiger partial charge on any atom is 0.276 e. The van der Waals surface area contributed by atoms with Gasteiger partial charge in [0.2, 0.25) is 0 Å². The number of aliphatic hydroxyl groups excluding tert-OH is 1. The summed E-state index contributed by atoms with van der Waals surface area (Å²) in [6.07, 6.45) is 3.40. The topological polar surface area (TPSA) is 71.2 Å². The van der Waals surface area contributed by atoms with Gasteiger partial charge in [-0.1, -0.05) is 17.3 Å². The summed E-state index contributed by atoms with van der Waals surface area (Å²) in [5, 5.41) is 17.3. The fraction of sp³-hybridized carbons (Fsp3) is 0.400. The Morgan fingerprint density at radius 3 is 3.10 bits per heavy atom. The molecule has 6 heteroatoms. The van der Waals surface area contributed by atoms with E-state index in [9.17, 15) is 9.90 Å². The zero-order chi connectivity index (χ0) is 14.8. The predicted molar refractivity (Wildman–Crippen MR) is 77.2 cm³/mol. The van der Waals surface area contributed by atoms with Crippen molar-refractivity contribution in [2.24, 2.45) is 0 Å². The van der Waals surface area contributed by atoms with Crippen LogP contribution < -0.4 is 0 Å². The summed E-state index contributed by atoms with van der Waals surface area (Å²) in [6.45, 7) is 2.67. The van der Waals surface area contributed by atoms with Crippen LogP contribution in [-0.4, -0.2) is 50.1 Å². The fourth-order valence-electron chi connectivity index (χ4n) is 2.70. The second-order valence-electron chi connectivity index (χ2n) is 5.36. The van der Waals surface area contributed by atoms with E-state index in [1.807, 2.05) is 31.2 Å². The molecule has 0 unspecified atom stereocenters. The summed E-state index contributed by atoms with van der Waals surface area (Å²) in [4.78, 5) is 14.1. The van der Waals surface area contributed by atoms with Crippen LogP contribution in [0.15, 0.2) is 30.5 Å². The number of aliphatic hydroxyl groups is 1. The number of carbonyl (C=O) groups excluding carboxylic acids is 1. The van der Waals surface area contributed by atoms with Crippen molar-refractivity contribution in [1.82, 2.24) is 19.9 Å². The summed E-state index contributed by atoms with van der Waals surface area (Å²) in [6, 6.07) is 7.75. The van der Waals surface area contributed by atoms with Crippen LogP contribution in [-0.2, 0) is 0 Å². The van der Waals surface area contributed by atoms with Crippen molar-refractivity contribution in [3.63, 3.8) is 0 Å². The molecule has 1 amide bonds. The first kappa shape index (κ1) is 13.8. The van der Waals surface area contributed by atoms with Crippen LogP contribution in [0, 0.1) is 6.92 Å². The highest BCUT2D eigenvalue weighted by molar-refractivity contribution is 5.92. The molecule has 6 nitrogen and oxygen atoms in total. The van der Waals surface area contributed by atoms with E-state index in [1.54, 1.807) is 15.8 Å². The molecule has 2 heterocycles. The van der Waals surface area contributed by atoms with Gasteiger partial charge in [-0.25, -0.2) is 4.68 Å². The van der Waals surface area contributed by atoms with Gasteiger partial charge in [0.25, 0.3) is 5.91 Å². The Labute approximate surface area is 123 Å². The molecule has 2 aromatic rings. The average Bonchev–Trinajstić information content (AvgIpc) is 3.15. The Morgan fingerprint density at radius 2 is 2.33 bits per heavy atom. The van der Waals surface area contributed by atoms with Crippen molar-refractivity contribution in [2.45, 2.75) is 25.8 Å². The van der Waals surface area contributed by atoms with Crippen LogP contribution in [0.1, 0.15) is 28.9 Å². The number of aromatic nitrogens is 3. The number of hydrogen-bond acceptors (Lipinski definition) is 4. The maximum absolute atomic E-state index is 12.4. The molecule has 1 N–H and O–H groups in total. The molecule has 0 radical (unpaired) electrons. The number of likely N-dealkylation sites (tertiary alicyclic amines) is 1. The van der Waals surface area contributed by atoms with E-state index in [-0.39, 0.29) is 18.6 Å².